The number of carbonyl (C=O) groups excluding carboxylic acids is 1. The van der Waals surface area contributed by atoms with Crippen LogP contribution in [0, 0.1) is 0 Å². The van der Waals surface area contributed by atoms with Gasteiger partial charge in [-0.2, -0.15) is 4.98 Å². The first-order valence-electron chi connectivity index (χ1n) is 13.6. The Morgan fingerprint density at radius 2 is 1.93 bits per heavy atom. The monoisotopic (exact) mass is 680 g/mol. The van der Waals surface area contributed by atoms with E-state index in [0.29, 0.717) is 62.3 Å². The molecule has 1 aliphatic rings. The van der Waals surface area contributed by atoms with Gasteiger partial charge in [0.05, 0.1) is 16.7 Å². The molecule has 0 bridgehead atoms. The first-order valence-corrected chi connectivity index (χ1v) is 15.8. The third-order valence-electron chi connectivity index (χ3n) is 6.57. The highest BCUT2D eigenvalue weighted by Gasteiger charge is 2.36. The van der Waals surface area contributed by atoms with Gasteiger partial charge in [0.15, 0.2) is 11.5 Å². The van der Waals surface area contributed by atoms with Crippen LogP contribution in [0.15, 0.2) is 100 Å². The van der Waals surface area contributed by atoms with Crippen LogP contribution < -0.4 is 14.8 Å². The molecule has 4 aromatic rings. The number of rotatable bonds is 12. The van der Waals surface area contributed by atoms with Gasteiger partial charge in [-0.25, -0.2) is 9.48 Å². The minimum Gasteiger partial charge on any atom is -0.490 e. The van der Waals surface area contributed by atoms with Crippen molar-refractivity contribution in [3.8, 4) is 11.5 Å². The molecule has 0 spiro atoms. The fourth-order valence-corrected chi connectivity index (χ4v) is 6.30. The van der Waals surface area contributed by atoms with Gasteiger partial charge in [0.2, 0.25) is 11.1 Å². The van der Waals surface area contributed by atoms with Crippen molar-refractivity contribution in [2.75, 3.05) is 18.5 Å². The van der Waals surface area contributed by atoms with Crippen molar-refractivity contribution in [3.05, 3.63) is 117 Å². The number of hydrogen-bond acceptors (Lipinski definition) is 8. The van der Waals surface area contributed by atoms with Gasteiger partial charge >= 0.3 is 5.97 Å². The van der Waals surface area contributed by atoms with Gasteiger partial charge in [-0.1, -0.05) is 84.5 Å². The molecule has 1 aromatic heterocycles. The van der Waals surface area contributed by atoms with Gasteiger partial charge in [0.25, 0.3) is 0 Å². The van der Waals surface area contributed by atoms with Gasteiger partial charge in [-0.15, -0.1) is 5.10 Å². The van der Waals surface area contributed by atoms with E-state index in [-0.39, 0.29) is 6.61 Å². The molecule has 3 aromatic carbocycles. The van der Waals surface area contributed by atoms with E-state index < -0.39 is 12.0 Å². The number of hydrogen-bond donors (Lipinski definition) is 1. The zero-order chi connectivity index (χ0) is 30.3. The summed E-state index contributed by atoms with van der Waals surface area (Å²) in [5.74, 6) is 1.70. The molecule has 1 unspecified atom stereocenters. The Hall–Kier alpha value is -3.73. The third-order valence-corrected chi connectivity index (χ3v) is 8.42. The molecule has 0 fully saturated rings. The van der Waals surface area contributed by atoms with Crippen LogP contribution in [0.1, 0.15) is 36.6 Å². The maximum Gasteiger partial charge on any atom is 0.338 e. The third kappa shape index (κ3) is 7.09. The van der Waals surface area contributed by atoms with E-state index in [1.807, 2.05) is 80.6 Å². The molecule has 0 saturated heterocycles. The SMILES string of the molecule is C=CCOC(=O)C1=C(C)Nc2nc(SCc3ccccc3Cl)nn2C1c1cc(Br)c(OCc2ccccc2)c(OCC)c1. The van der Waals surface area contributed by atoms with Crippen LogP contribution in [0.5, 0.6) is 11.5 Å². The zero-order valence-electron chi connectivity index (χ0n) is 23.7. The lowest BCUT2D eigenvalue weighted by atomic mass is 9.95. The molecule has 5 rings (SSSR count). The summed E-state index contributed by atoms with van der Waals surface area (Å²) in [4.78, 5) is 18.2. The fraction of sp³-hybridized carbons (Fsp3) is 0.219. The maximum atomic E-state index is 13.4. The van der Waals surface area contributed by atoms with Crippen LogP contribution in [0.4, 0.5) is 5.95 Å². The molecular formula is C32H30BrClN4O4S. The highest BCUT2D eigenvalue weighted by molar-refractivity contribution is 9.10. The summed E-state index contributed by atoms with van der Waals surface area (Å²) < 4.78 is 20.1. The molecule has 8 nitrogen and oxygen atoms in total. The highest BCUT2D eigenvalue weighted by Crippen LogP contribution is 2.44. The largest absolute Gasteiger partial charge is 0.490 e. The van der Waals surface area contributed by atoms with Crippen molar-refractivity contribution in [3.63, 3.8) is 0 Å². The molecular weight excluding hydrogens is 652 g/mol. The Morgan fingerprint density at radius 1 is 1.16 bits per heavy atom. The number of aromatic nitrogens is 3. The summed E-state index contributed by atoms with van der Waals surface area (Å²) in [6, 6.07) is 20.7. The lowest BCUT2D eigenvalue weighted by Crippen LogP contribution is -2.29. The molecule has 0 aliphatic carbocycles. The number of fused-ring (bicyclic) bond motifs is 1. The van der Waals surface area contributed by atoms with Crippen molar-refractivity contribution in [1.29, 1.82) is 0 Å². The van der Waals surface area contributed by atoms with E-state index in [2.05, 4.69) is 27.8 Å². The highest BCUT2D eigenvalue weighted by atomic mass is 79.9. The topological polar surface area (TPSA) is 87.5 Å². The Balaban J connectivity index is 1.53. The second-order valence-corrected chi connectivity index (χ2v) is 11.7. The van der Waals surface area contributed by atoms with Crippen molar-refractivity contribution in [2.45, 2.75) is 37.4 Å². The number of esters is 1. The van der Waals surface area contributed by atoms with E-state index in [9.17, 15) is 4.79 Å². The minimum atomic E-state index is -0.658. The maximum absolute atomic E-state index is 13.4. The molecule has 222 valence electrons. The summed E-state index contributed by atoms with van der Waals surface area (Å²) >= 11 is 11.5. The average Bonchev–Trinajstić information content (AvgIpc) is 3.41. The van der Waals surface area contributed by atoms with Crippen LogP contribution in [0.3, 0.4) is 0 Å². The fourth-order valence-electron chi connectivity index (χ4n) is 4.61. The first-order chi connectivity index (χ1) is 20.9. The van der Waals surface area contributed by atoms with Gasteiger partial charge in [-0.3, -0.25) is 0 Å². The number of allylic oxidation sites excluding steroid dienone is 1. The Morgan fingerprint density at radius 3 is 2.67 bits per heavy atom. The Kier molecular flexibility index (Phi) is 10.1. The van der Waals surface area contributed by atoms with Crippen LogP contribution in [0.2, 0.25) is 5.02 Å². The van der Waals surface area contributed by atoms with E-state index in [1.165, 1.54) is 17.8 Å². The summed E-state index contributed by atoms with van der Waals surface area (Å²) in [5, 5.41) is 9.27. The molecule has 0 radical (unpaired) electrons. The number of carbonyl (C=O) groups is 1. The van der Waals surface area contributed by atoms with Crippen LogP contribution >= 0.6 is 39.3 Å². The summed E-state index contributed by atoms with van der Waals surface area (Å²) in [5.41, 5.74) is 3.75. The molecule has 1 N–H and O–H groups in total. The number of nitrogens with zero attached hydrogens (tertiary/aromatic N) is 3. The zero-order valence-corrected chi connectivity index (χ0v) is 26.8. The Labute approximate surface area is 268 Å². The van der Waals surface area contributed by atoms with Gasteiger partial charge < -0.3 is 19.5 Å². The normalized spacial score (nSPS) is 14.1. The van der Waals surface area contributed by atoms with E-state index in [4.69, 9.17) is 35.9 Å². The number of ether oxygens (including phenoxy) is 3. The molecule has 1 aliphatic heterocycles. The number of nitrogens with one attached hydrogen (secondary N) is 1. The molecule has 11 heteroatoms. The number of thioether (sulfide) groups is 1. The summed E-state index contributed by atoms with van der Waals surface area (Å²) in [6.45, 7) is 8.26. The van der Waals surface area contributed by atoms with Crippen LogP contribution in [-0.4, -0.2) is 33.9 Å². The van der Waals surface area contributed by atoms with Gasteiger partial charge in [-0.05, 0) is 64.7 Å². The number of anilines is 1. The van der Waals surface area contributed by atoms with Crippen molar-refractivity contribution < 1.29 is 19.0 Å². The van der Waals surface area contributed by atoms with E-state index in [1.54, 1.807) is 4.68 Å². The standard InChI is InChI=1S/C32H30BrClN4O4S/c1-4-15-41-30(39)27-20(3)35-31-36-32(43-19-22-13-9-10-14-25(22)34)37-38(31)28(27)23-16-24(33)29(26(17-23)40-5-2)42-18-21-11-7-6-8-12-21/h4,6-14,16-17,28H,1,5,15,18-19H2,2-3H3,(H,35,36,37). The average molecular weight is 682 g/mol. The molecule has 2 heterocycles. The first kappa shape index (κ1) is 30.7. The second-order valence-electron chi connectivity index (χ2n) is 9.53. The molecule has 1 atom stereocenters. The van der Waals surface area contributed by atoms with Crippen LogP contribution in [-0.2, 0) is 21.9 Å². The van der Waals surface area contributed by atoms with Gasteiger partial charge in [0.1, 0.15) is 19.3 Å². The Bertz CT molecular complexity index is 1660. The van der Waals surface area contributed by atoms with Crippen molar-refractivity contribution in [1.82, 2.24) is 14.8 Å². The molecule has 0 amide bonds. The quantitative estimate of drug-likeness (QED) is 0.0915. The lowest BCUT2D eigenvalue weighted by Gasteiger charge is -2.29. The minimum absolute atomic E-state index is 0.0750. The molecule has 43 heavy (non-hydrogen) atoms. The predicted molar refractivity (Wildman–Crippen MR) is 173 cm³/mol. The van der Waals surface area contributed by atoms with Gasteiger partial charge in [0, 0.05) is 16.5 Å². The van der Waals surface area contributed by atoms with E-state index >= 15 is 0 Å². The number of benzene rings is 3. The number of halogens is 2. The summed E-state index contributed by atoms with van der Waals surface area (Å²) in [7, 11) is 0. The lowest BCUT2D eigenvalue weighted by molar-refractivity contribution is -0.138. The summed E-state index contributed by atoms with van der Waals surface area (Å²) in [6.07, 6.45) is 1.53. The predicted octanol–water partition coefficient (Wildman–Crippen LogP) is 7.98. The van der Waals surface area contributed by atoms with Crippen molar-refractivity contribution >= 4 is 51.2 Å². The second kappa shape index (κ2) is 14.2. The van der Waals surface area contributed by atoms with Crippen molar-refractivity contribution in [2.24, 2.45) is 0 Å². The van der Waals surface area contributed by atoms with E-state index in [0.717, 1.165) is 16.7 Å². The smallest absolute Gasteiger partial charge is 0.338 e. The van der Waals surface area contributed by atoms with Crippen LogP contribution in [0.25, 0.3) is 0 Å². The molecule has 0 saturated carbocycles.